The second kappa shape index (κ2) is 7.54. The van der Waals surface area contributed by atoms with Crippen LogP contribution in [0, 0.1) is 0 Å². The van der Waals surface area contributed by atoms with Crippen LogP contribution >= 0.6 is 11.6 Å². The first-order chi connectivity index (χ1) is 16.0. The fourth-order valence-corrected chi connectivity index (χ4v) is 4.87. The Bertz CT molecular complexity index is 1460. The Morgan fingerprint density at radius 3 is 2.36 bits per heavy atom. The Balaban J connectivity index is 1.61. The molecular formula is C26H23ClN6. The molecule has 0 saturated heterocycles. The molecule has 5 aromatic rings. The van der Waals surface area contributed by atoms with Gasteiger partial charge in [-0.3, -0.25) is 4.68 Å². The van der Waals surface area contributed by atoms with Crippen LogP contribution in [0.1, 0.15) is 24.8 Å². The molecule has 1 aliphatic rings. The van der Waals surface area contributed by atoms with Gasteiger partial charge in [0.15, 0.2) is 10.8 Å². The molecule has 33 heavy (non-hydrogen) atoms. The third kappa shape index (κ3) is 3.25. The van der Waals surface area contributed by atoms with E-state index in [1.54, 1.807) is 6.20 Å². The van der Waals surface area contributed by atoms with Crippen LogP contribution in [-0.4, -0.2) is 24.4 Å². The van der Waals surface area contributed by atoms with Crippen LogP contribution in [0.3, 0.4) is 0 Å². The largest absolute Gasteiger partial charge is 0.321 e. The molecule has 0 atom stereocenters. The van der Waals surface area contributed by atoms with Gasteiger partial charge >= 0.3 is 0 Å². The van der Waals surface area contributed by atoms with Gasteiger partial charge in [0.2, 0.25) is 0 Å². The molecule has 0 aliphatic heterocycles. The first-order valence-corrected chi connectivity index (χ1v) is 11.4. The molecule has 1 saturated carbocycles. The van der Waals surface area contributed by atoms with E-state index in [-0.39, 0.29) is 5.54 Å². The maximum absolute atomic E-state index is 6.55. The summed E-state index contributed by atoms with van der Waals surface area (Å²) in [7, 11) is 1.91. The van der Waals surface area contributed by atoms with Crippen molar-refractivity contribution in [3.63, 3.8) is 0 Å². The smallest absolute Gasteiger partial charge is 0.164 e. The van der Waals surface area contributed by atoms with Gasteiger partial charge in [-0.15, -0.1) is 0 Å². The molecular weight excluding hydrogens is 432 g/mol. The van der Waals surface area contributed by atoms with Crippen LogP contribution in [0.4, 0.5) is 0 Å². The molecule has 0 radical (unpaired) electrons. The maximum Gasteiger partial charge on any atom is 0.164 e. The van der Waals surface area contributed by atoms with Crippen molar-refractivity contribution in [2.45, 2.75) is 24.8 Å². The summed E-state index contributed by atoms with van der Waals surface area (Å²) < 4.78 is 3.66. The lowest BCUT2D eigenvalue weighted by Crippen LogP contribution is -2.43. The van der Waals surface area contributed by atoms with Crippen LogP contribution in [0.2, 0.25) is 5.15 Å². The molecule has 1 aliphatic carbocycles. The van der Waals surface area contributed by atoms with E-state index < -0.39 is 0 Å². The van der Waals surface area contributed by atoms with Crippen LogP contribution in [0.5, 0.6) is 0 Å². The maximum atomic E-state index is 6.55. The molecule has 0 bridgehead atoms. The van der Waals surface area contributed by atoms with Crippen molar-refractivity contribution in [3.05, 3.63) is 83.6 Å². The molecule has 164 valence electrons. The first-order valence-electron chi connectivity index (χ1n) is 11.1. The van der Waals surface area contributed by atoms with Crippen molar-refractivity contribution < 1.29 is 0 Å². The van der Waals surface area contributed by atoms with Gasteiger partial charge in [0, 0.05) is 35.5 Å². The number of fused-ring (bicyclic) bond motifs is 1. The lowest BCUT2D eigenvalue weighted by Gasteiger charge is -2.38. The fraction of sp³-hybridized carbons (Fsp3) is 0.192. The third-order valence-electron chi connectivity index (χ3n) is 6.68. The molecule has 2 N–H and O–H groups in total. The number of hydrogen-bond acceptors (Lipinski definition) is 4. The van der Waals surface area contributed by atoms with Crippen LogP contribution in [0.15, 0.2) is 72.9 Å². The van der Waals surface area contributed by atoms with Gasteiger partial charge in [-0.1, -0.05) is 66.2 Å². The van der Waals surface area contributed by atoms with Gasteiger partial charge in [0.05, 0.1) is 11.4 Å². The number of halogens is 1. The minimum absolute atomic E-state index is 0.193. The number of aromatic nitrogens is 5. The van der Waals surface area contributed by atoms with Gasteiger partial charge in [0.25, 0.3) is 0 Å². The highest BCUT2D eigenvalue weighted by Crippen LogP contribution is 2.40. The Labute approximate surface area is 196 Å². The summed E-state index contributed by atoms with van der Waals surface area (Å²) >= 11 is 6.50. The summed E-state index contributed by atoms with van der Waals surface area (Å²) in [6, 6.07) is 22.5. The Morgan fingerprint density at radius 2 is 1.73 bits per heavy atom. The number of nitrogens with two attached hydrogens (primary N) is 1. The zero-order valence-electron chi connectivity index (χ0n) is 18.2. The van der Waals surface area contributed by atoms with Crippen molar-refractivity contribution in [1.29, 1.82) is 0 Å². The van der Waals surface area contributed by atoms with E-state index in [1.807, 2.05) is 46.6 Å². The molecule has 3 heterocycles. The lowest BCUT2D eigenvalue weighted by atomic mass is 9.72. The zero-order valence-corrected chi connectivity index (χ0v) is 19.0. The molecule has 2 aromatic carbocycles. The molecule has 7 heteroatoms. The van der Waals surface area contributed by atoms with Crippen LogP contribution in [-0.2, 0) is 12.6 Å². The molecule has 6 nitrogen and oxygen atoms in total. The van der Waals surface area contributed by atoms with E-state index in [0.29, 0.717) is 5.15 Å². The van der Waals surface area contributed by atoms with E-state index in [2.05, 4.69) is 46.6 Å². The van der Waals surface area contributed by atoms with Gasteiger partial charge < -0.3 is 5.73 Å². The Kier molecular flexibility index (Phi) is 4.60. The van der Waals surface area contributed by atoms with Gasteiger partial charge in [-0.2, -0.15) is 10.2 Å². The average Bonchev–Trinajstić information content (AvgIpc) is 3.41. The summed E-state index contributed by atoms with van der Waals surface area (Å²) in [5.74, 6) is 0. The van der Waals surface area contributed by atoms with Crippen LogP contribution in [0.25, 0.3) is 39.4 Å². The van der Waals surface area contributed by atoms with E-state index in [1.165, 1.54) is 12.0 Å². The van der Waals surface area contributed by atoms with E-state index in [4.69, 9.17) is 22.3 Å². The second-order valence-electron chi connectivity index (χ2n) is 8.72. The van der Waals surface area contributed by atoms with Crippen molar-refractivity contribution >= 4 is 17.2 Å². The number of hydrogen-bond donors (Lipinski definition) is 1. The average molecular weight is 455 g/mol. The summed E-state index contributed by atoms with van der Waals surface area (Å²) in [6.07, 6.45) is 5.02. The predicted molar refractivity (Wildman–Crippen MR) is 131 cm³/mol. The number of nitrogens with zero attached hydrogens (tertiary/aromatic N) is 5. The monoisotopic (exact) mass is 454 g/mol. The fourth-order valence-electron chi connectivity index (χ4n) is 4.68. The van der Waals surface area contributed by atoms with Gasteiger partial charge in [-0.25, -0.2) is 9.50 Å². The SMILES string of the molecule is Cn1nccc1-c1cc(Cl)nn2c(-c3ccccc3)c(-c3ccc(C4(N)CCC4)cc3)nc12. The molecule has 1 fully saturated rings. The highest BCUT2D eigenvalue weighted by molar-refractivity contribution is 6.29. The summed E-state index contributed by atoms with van der Waals surface area (Å²) in [5, 5.41) is 9.37. The van der Waals surface area contributed by atoms with E-state index in [9.17, 15) is 0 Å². The molecule has 3 aromatic heterocycles. The van der Waals surface area contributed by atoms with Crippen molar-refractivity contribution in [2.24, 2.45) is 12.8 Å². The third-order valence-corrected chi connectivity index (χ3v) is 6.86. The van der Waals surface area contributed by atoms with Crippen molar-refractivity contribution in [1.82, 2.24) is 24.4 Å². The highest BCUT2D eigenvalue weighted by Gasteiger charge is 2.34. The summed E-state index contributed by atoms with van der Waals surface area (Å²) in [5.41, 5.74) is 13.8. The zero-order chi connectivity index (χ0) is 22.6. The van der Waals surface area contributed by atoms with Gasteiger partial charge in [0.1, 0.15) is 5.69 Å². The molecule has 6 rings (SSSR count). The predicted octanol–water partition coefficient (Wildman–Crippen LogP) is 5.46. The minimum atomic E-state index is -0.193. The molecule has 0 unspecified atom stereocenters. The van der Waals surface area contributed by atoms with Crippen molar-refractivity contribution in [2.75, 3.05) is 0 Å². The summed E-state index contributed by atoms with van der Waals surface area (Å²) in [6.45, 7) is 0. The molecule has 0 spiro atoms. The Morgan fingerprint density at radius 1 is 0.970 bits per heavy atom. The number of imidazole rings is 1. The van der Waals surface area contributed by atoms with Crippen molar-refractivity contribution in [3.8, 4) is 33.8 Å². The molecule has 0 amide bonds. The second-order valence-corrected chi connectivity index (χ2v) is 9.11. The first kappa shape index (κ1) is 20.1. The lowest BCUT2D eigenvalue weighted by molar-refractivity contribution is 0.253. The number of aryl methyl sites for hydroxylation is 1. The highest BCUT2D eigenvalue weighted by atomic mass is 35.5. The van der Waals surface area contributed by atoms with E-state index >= 15 is 0 Å². The number of rotatable bonds is 4. The standard InChI is InChI=1S/C26H23ClN6/c1-32-21(12-15-29-32)20-16-22(27)31-33-24(18-6-3-2-4-7-18)23(30-25(20)33)17-8-10-19(11-9-17)26(28)13-5-14-26/h2-4,6-12,15-16H,5,13-14,28H2,1H3. The van der Waals surface area contributed by atoms with Crippen LogP contribution < -0.4 is 5.73 Å². The topological polar surface area (TPSA) is 74.0 Å². The summed E-state index contributed by atoms with van der Waals surface area (Å²) in [4.78, 5) is 5.09. The quantitative estimate of drug-likeness (QED) is 0.391. The minimum Gasteiger partial charge on any atom is -0.321 e. The number of benzene rings is 2. The Hall–Kier alpha value is -3.48. The van der Waals surface area contributed by atoms with Gasteiger partial charge in [-0.05, 0) is 37.0 Å². The van der Waals surface area contributed by atoms with E-state index in [0.717, 1.165) is 52.3 Å². The normalized spacial score (nSPS) is 15.0.